The molecule has 0 bridgehead atoms. The molecule has 0 fully saturated rings. The van der Waals surface area contributed by atoms with E-state index in [9.17, 15) is 4.39 Å². The minimum Gasteiger partial charge on any atom is -0.355 e. The smallest absolute Gasteiger partial charge is 0.123 e. The molecule has 0 aromatic heterocycles. The lowest BCUT2D eigenvalue weighted by atomic mass is 10.0. The molecule has 2 heteroatoms. The molecule has 0 aliphatic heterocycles. The molecule has 22 heavy (non-hydrogen) atoms. The lowest BCUT2D eigenvalue weighted by Crippen LogP contribution is -1.94. The number of rotatable bonds is 3. The minimum absolute atomic E-state index is 0.226. The van der Waals surface area contributed by atoms with E-state index in [0.29, 0.717) is 0 Å². The third kappa shape index (κ3) is 3.17. The van der Waals surface area contributed by atoms with E-state index in [2.05, 4.69) is 61.6 Å². The molecule has 0 heterocycles. The van der Waals surface area contributed by atoms with E-state index in [1.807, 2.05) is 0 Å². The van der Waals surface area contributed by atoms with Gasteiger partial charge in [0.05, 0.1) is 0 Å². The van der Waals surface area contributed by atoms with Crippen LogP contribution in [0.15, 0.2) is 66.7 Å². The van der Waals surface area contributed by atoms with Crippen LogP contribution in [0.2, 0.25) is 0 Å². The van der Waals surface area contributed by atoms with Gasteiger partial charge in [0.25, 0.3) is 0 Å². The van der Waals surface area contributed by atoms with Crippen LogP contribution < -0.4 is 5.32 Å². The molecule has 3 aromatic carbocycles. The van der Waals surface area contributed by atoms with Crippen LogP contribution in [0.25, 0.3) is 11.1 Å². The van der Waals surface area contributed by atoms with Crippen molar-refractivity contribution in [3.63, 3.8) is 0 Å². The highest BCUT2D eigenvalue weighted by Gasteiger charge is 2.04. The fourth-order valence-electron chi connectivity index (χ4n) is 2.37. The highest BCUT2D eigenvalue weighted by molar-refractivity contribution is 5.73. The summed E-state index contributed by atoms with van der Waals surface area (Å²) in [6, 6.07) is 21.2. The first-order valence-electron chi connectivity index (χ1n) is 7.32. The Morgan fingerprint density at radius 2 is 1.36 bits per heavy atom. The maximum atomic E-state index is 13.0. The van der Waals surface area contributed by atoms with Crippen LogP contribution in [-0.4, -0.2) is 0 Å². The Morgan fingerprint density at radius 3 is 2.05 bits per heavy atom. The van der Waals surface area contributed by atoms with Crippen LogP contribution in [0.1, 0.15) is 11.1 Å². The fourth-order valence-corrected chi connectivity index (χ4v) is 2.37. The maximum absolute atomic E-state index is 13.0. The summed E-state index contributed by atoms with van der Waals surface area (Å²) < 4.78 is 13.0. The van der Waals surface area contributed by atoms with Crippen LogP contribution in [0.5, 0.6) is 0 Å². The van der Waals surface area contributed by atoms with E-state index in [0.717, 1.165) is 22.5 Å². The zero-order valence-electron chi connectivity index (χ0n) is 12.7. The molecule has 0 unspecified atom stereocenters. The summed E-state index contributed by atoms with van der Waals surface area (Å²) in [6.45, 7) is 4.14. The molecule has 3 rings (SSSR count). The Kier molecular flexibility index (Phi) is 3.92. The van der Waals surface area contributed by atoms with Crippen molar-refractivity contribution in [3.05, 3.63) is 83.7 Å². The van der Waals surface area contributed by atoms with E-state index < -0.39 is 0 Å². The van der Waals surface area contributed by atoms with Gasteiger partial charge in [-0.1, -0.05) is 42.0 Å². The molecule has 1 N–H and O–H groups in total. The number of benzene rings is 3. The third-order valence-corrected chi connectivity index (χ3v) is 3.75. The molecule has 3 aromatic rings. The summed E-state index contributed by atoms with van der Waals surface area (Å²) in [5, 5.41) is 3.35. The first kappa shape index (κ1) is 14.3. The van der Waals surface area contributed by atoms with E-state index in [4.69, 9.17) is 0 Å². The van der Waals surface area contributed by atoms with Gasteiger partial charge >= 0.3 is 0 Å². The van der Waals surface area contributed by atoms with Crippen molar-refractivity contribution in [1.82, 2.24) is 0 Å². The van der Waals surface area contributed by atoms with Gasteiger partial charge in [0.15, 0.2) is 0 Å². The van der Waals surface area contributed by atoms with Crippen molar-refractivity contribution in [1.29, 1.82) is 0 Å². The Bertz CT molecular complexity index is 774. The topological polar surface area (TPSA) is 12.0 Å². The van der Waals surface area contributed by atoms with Crippen molar-refractivity contribution in [3.8, 4) is 11.1 Å². The van der Waals surface area contributed by atoms with Crippen LogP contribution in [0, 0.1) is 19.7 Å². The van der Waals surface area contributed by atoms with Crippen molar-refractivity contribution >= 4 is 11.4 Å². The van der Waals surface area contributed by atoms with Crippen LogP contribution in [0.3, 0.4) is 0 Å². The Balaban J connectivity index is 1.92. The summed E-state index contributed by atoms with van der Waals surface area (Å²) in [5.41, 5.74) is 6.67. The number of aryl methyl sites for hydroxylation is 2. The Labute approximate surface area is 130 Å². The molecule has 1 nitrogen and oxygen atoms in total. The molecular weight excluding hydrogens is 273 g/mol. The Morgan fingerprint density at radius 1 is 0.727 bits per heavy atom. The van der Waals surface area contributed by atoms with Crippen LogP contribution >= 0.6 is 0 Å². The summed E-state index contributed by atoms with van der Waals surface area (Å²) in [7, 11) is 0. The quantitative estimate of drug-likeness (QED) is 0.638. The van der Waals surface area contributed by atoms with Crippen molar-refractivity contribution in [2.75, 3.05) is 5.32 Å². The Hall–Kier alpha value is -2.61. The zero-order valence-corrected chi connectivity index (χ0v) is 12.7. The molecular formula is C20H18FN. The van der Waals surface area contributed by atoms with Crippen LogP contribution in [0.4, 0.5) is 15.8 Å². The molecule has 0 atom stereocenters. The van der Waals surface area contributed by atoms with E-state index in [1.54, 1.807) is 12.1 Å². The largest absolute Gasteiger partial charge is 0.355 e. The highest BCUT2D eigenvalue weighted by atomic mass is 19.1. The first-order valence-corrected chi connectivity index (χ1v) is 7.32. The average Bonchev–Trinajstić information content (AvgIpc) is 2.52. The summed E-state index contributed by atoms with van der Waals surface area (Å²) in [4.78, 5) is 0. The normalized spacial score (nSPS) is 10.5. The SMILES string of the molecule is Cc1ccc(-c2ccc(C)c(Nc3ccc(F)cc3)c2)cc1. The maximum Gasteiger partial charge on any atom is 0.123 e. The second-order valence-electron chi connectivity index (χ2n) is 5.53. The van der Waals surface area contributed by atoms with Gasteiger partial charge in [0.2, 0.25) is 0 Å². The number of hydrogen-bond donors (Lipinski definition) is 1. The van der Waals surface area contributed by atoms with Crippen molar-refractivity contribution in [2.45, 2.75) is 13.8 Å². The van der Waals surface area contributed by atoms with Gasteiger partial charge in [-0.05, 0) is 60.9 Å². The van der Waals surface area contributed by atoms with E-state index >= 15 is 0 Å². The molecule has 110 valence electrons. The molecule has 0 saturated heterocycles. The minimum atomic E-state index is -0.226. The number of hydrogen-bond acceptors (Lipinski definition) is 1. The van der Waals surface area contributed by atoms with Crippen molar-refractivity contribution < 1.29 is 4.39 Å². The standard InChI is InChI=1S/C20H18FN/c1-14-3-6-16(7-4-14)17-8-5-15(2)20(13-17)22-19-11-9-18(21)10-12-19/h3-13,22H,1-2H3. The van der Waals surface area contributed by atoms with Gasteiger partial charge in [-0.25, -0.2) is 4.39 Å². The summed E-state index contributed by atoms with van der Waals surface area (Å²) in [5.74, 6) is -0.226. The van der Waals surface area contributed by atoms with E-state index in [-0.39, 0.29) is 5.82 Å². The molecule has 0 amide bonds. The third-order valence-electron chi connectivity index (χ3n) is 3.75. The van der Waals surface area contributed by atoms with Crippen molar-refractivity contribution in [2.24, 2.45) is 0 Å². The predicted octanol–water partition coefficient (Wildman–Crippen LogP) is 5.85. The molecule has 0 radical (unpaired) electrons. The second kappa shape index (κ2) is 6.02. The molecule has 0 spiro atoms. The number of anilines is 2. The van der Waals surface area contributed by atoms with E-state index in [1.165, 1.54) is 23.3 Å². The molecule has 0 saturated carbocycles. The number of nitrogens with one attached hydrogen (secondary N) is 1. The van der Waals surface area contributed by atoms with Gasteiger partial charge in [-0.2, -0.15) is 0 Å². The lowest BCUT2D eigenvalue weighted by Gasteiger charge is -2.12. The molecule has 0 aliphatic carbocycles. The fraction of sp³-hybridized carbons (Fsp3) is 0.100. The average molecular weight is 291 g/mol. The molecule has 0 aliphatic rings. The van der Waals surface area contributed by atoms with Gasteiger partial charge < -0.3 is 5.32 Å². The monoisotopic (exact) mass is 291 g/mol. The summed E-state index contributed by atoms with van der Waals surface area (Å²) in [6.07, 6.45) is 0. The predicted molar refractivity (Wildman–Crippen MR) is 91.0 cm³/mol. The van der Waals surface area contributed by atoms with Gasteiger partial charge in [-0.3, -0.25) is 0 Å². The lowest BCUT2D eigenvalue weighted by molar-refractivity contribution is 0.628. The highest BCUT2D eigenvalue weighted by Crippen LogP contribution is 2.28. The number of halogens is 1. The van der Waals surface area contributed by atoms with Crippen LogP contribution in [-0.2, 0) is 0 Å². The zero-order chi connectivity index (χ0) is 15.5. The van der Waals surface area contributed by atoms with Gasteiger partial charge in [0, 0.05) is 11.4 Å². The first-order chi connectivity index (χ1) is 10.6. The van der Waals surface area contributed by atoms with Gasteiger partial charge in [0.1, 0.15) is 5.82 Å². The summed E-state index contributed by atoms with van der Waals surface area (Å²) >= 11 is 0. The second-order valence-corrected chi connectivity index (χ2v) is 5.53. The van der Waals surface area contributed by atoms with Gasteiger partial charge in [-0.15, -0.1) is 0 Å².